The van der Waals surface area contributed by atoms with Gasteiger partial charge in [-0.3, -0.25) is 0 Å². The van der Waals surface area contributed by atoms with Gasteiger partial charge in [-0.1, -0.05) is 28.7 Å². The summed E-state index contributed by atoms with van der Waals surface area (Å²) in [4.78, 5) is 0. The summed E-state index contributed by atoms with van der Waals surface area (Å²) < 4.78 is 12.6. The summed E-state index contributed by atoms with van der Waals surface area (Å²) in [6, 6.07) is 0. The Balaban J connectivity index is 2.83. The second-order valence-corrected chi connectivity index (χ2v) is 3.39. The first kappa shape index (κ1) is 13.4. The molecule has 0 aliphatic rings. The first-order valence-corrected chi connectivity index (χ1v) is 6.07. The fraction of sp³-hybridized carbons (Fsp3) is 0.800. The number of rotatable bonds is 9. The molecule has 0 atom stereocenters. The molecule has 0 bridgehead atoms. The molecule has 0 aliphatic carbocycles. The van der Waals surface area contributed by atoms with Crippen LogP contribution in [-0.2, 0) is 9.47 Å². The van der Waals surface area contributed by atoms with Gasteiger partial charge in [0.25, 0.3) is 0 Å². The molecule has 0 radical (unpaired) electrons. The molecule has 0 saturated carbocycles. The van der Waals surface area contributed by atoms with Gasteiger partial charge in [-0.15, -0.1) is 0 Å². The zero-order valence-electron chi connectivity index (χ0n) is 8.30. The minimum Gasteiger partial charge on any atom is -0.379 e. The van der Waals surface area contributed by atoms with Gasteiger partial charge >= 0.3 is 0 Å². The van der Waals surface area contributed by atoms with Crippen molar-refractivity contribution in [2.45, 2.75) is 26.2 Å². The van der Waals surface area contributed by atoms with Crippen LogP contribution >= 0.6 is 22.6 Å². The fourth-order valence-corrected chi connectivity index (χ4v) is 1.25. The highest BCUT2D eigenvalue weighted by atomic mass is 127. The number of halogens is 1. The lowest BCUT2D eigenvalue weighted by Crippen LogP contribution is -2.04. The van der Waals surface area contributed by atoms with E-state index in [9.17, 15) is 0 Å². The monoisotopic (exact) mass is 298 g/mol. The van der Waals surface area contributed by atoms with Crippen molar-refractivity contribution in [3.63, 3.8) is 0 Å². The Labute approximate surface area is 94.8 Å². The zero-order valence-corrected chi connectivity index (χ0v) is 10.5. The highest BCUT2D eigenvalue weighted by Crippen LogP contribution is 1.98. The van der Waals surface area contributed by atoms with E-state index in [0.717, 1.165) is 39.3 Å². The Hall–Kier alpha value is 0.390. The maximum atomic E-state index is 5.36. The van der Waals surface area contributed by atoms with E-state index in [-0.39, 0.29) is 0 Å². The van der Waals surface area contributed by atoms with Gasteiger partial charge in [0.05, 0.1) is 13.2 Å². The molecule has 2 nitrogen and oxygen atoms in total. The Kier molecular flexibility index (Phi) is 12.8. The van der Waals surface area contributed by atoms with Crippen LogP contribution in [0.4, 0.5) is 0 Å². The molecule has 0 rings (SSSR count). The Bertz CT molecular complexity index is 115. The summed E-state index contributed by atoms with van der Waals surface area (Å²) in [6.07, 6.45) is 5.71. The van der Waals surface area contributed by atoms with E-state index in [1.54, 1.807) is 0 Å². The van der Waals surface area contributed by atoms with Gasteiger partial charge in [0.1, 0.15) is 0 Å². The highest BCUT2D eigenvalue weighted by molar-refractivity contribution is 14.1. The lowest BCUT2D eigenvalue weighted by molar-refractivity contribution is 0.0515. The van der Waals surface area contributed by atoms with Crippen LogP contribution in [0.5, 0.6) is 0 Å². The molecular formula is C10H19IO2. The molecule has 13 heavy (non-hydrogen) atoms. The van der Waals surface area contributed by atoms with Crippen LogP contribution in [0.2, 0.25) is 0 Å². The van der Waals surface area contributed by atoms with Crippen molar-refractivity contribution in [1.29, 1.82) is 0 Å². The Morgan fingerprint density at radius 1 is 1.08 bits per heavy atom. The molecule has 0 aromatic rings. The summed E-state index contributed by atoms with van der Waals surface area (Å²) in [7, 11) is 0. The van der Waals surface area contributed by atoms with Crippen molar-refractivity contribution in [2.75, 3.05) is 26.4 Å². The van der Waals surface area contributed by atoms with Gasteiger partial charge in [-0.2, -0.15) is 0 Å². The van der Waals surface area contributed by atoms with Gasteiger partial charge in [0.15, 0.2) is 0 Å². The number of hydrogen-bond acceptors (Lipinski definition) is 2. The predicted octanol–water partition coefficient (Wildman–Crippen LogP) is 3.16. The van der Waals surface area contributed by atoms with Crippen LogP contribution in [-0.4, -0.2) is 26.4 Å². The van der Waals surface area contributed by atoms with Crippen LogP contribution in [0.1, 0.15) is 26.2 Å². The topological polar surface area (TPSA) is 18.5 Å². The number of allylic oxidation sites excluding steroid dienone is 1. The van der Waals surface area contributed by atoms with E-state index in [4.69, 9.17) is 9.47 Å². The molecule has 78 valence electrons. The molecule has 0 aliphatic heterocycles. The Morgan fingerprint density at radius 3 is 2.54 bits per heavy atom. The van der Waals surface area contributed by atoms with E-state index < -0.39 is 0 Å². The van der Waals surface area contributed by atoms with Crippen molar-refractivity contribution < 1.29 is 9.47 Å². The largest absolute Gasteiger partial charge is 0.379 e. The smallest absolute Gasteiger partial charge is 0.0700 e. The maximum Gasteiger partial charge on any atom is 0.0700 e. The molecule has 0 amide bonds. The second kappa shape index (κ2) is 12.4. The lowest BCUT2D eigenvalue weighted by atomic mass is 10.2. The molecule has 0 N–H and O–H groups in total. The third-order valence-corrected chi connectivity index (χ3v) is 2.08. The average Bonchev–Trinajstić information content (AvgIpc) is 2.16. The predicted molar refractivity (Wildman–Crippen MR) is 64.3 cm³/mol. The summed E-state index contributed by atoms with van der Waals surface area (Å²) in [5.74, 6) is 0. The van der Waals surface area contributed by atoms with Gasteiger partial charge in [0, 0.05) is 13.2 Å². The van der Waals surface area contributed by atoms with Gasteiger partial charge < -0.3 is 9.47 Å². The van der Waals surface area contributed by atoms with Gasteiger partial charge in [0.2, 0.25) is 0 Å². The van der Waals surface area contributed by atoms with Gasteiger partial charge in [-0.05, 0) is 30.3 Å². The van der Waals surface area contributed by atoms with E-state index >= 15 is 0 Å². The third-order valence-electron chi connectivity index (χ3n) is 1.57. The Morgan fingerprint density at radius 2 is 1.85 bits per heavy atom. The van der Waals surface area contributed by atoms with E-state index in [2.05, 4.69) is 32.7 Å². The summed E-state index contributed by atoms with van der Waals surface area (Å²) in [5.41, 5.74) is 0. The van der Waals surface area contributed by atoms with Crippen molar-refractivity contribution >= 4 is 22.6 Å². The van der Waals surface area contributed by atoms with Crippen molar-refractivity contribution in [3.8, 4) is 0 Å². The van der Waals surface area contributed by atoms with Crippen LogP contribution in [0, 0.1) is 0 Å². The lowest BCUT2D eigenvalue weighted by Gasteiger charge is -2.03. The van der Waals surface area contributed by atoms with E-state index in [1.165, 1.54) is 6.42 Å². The van der Waals surface area contributed by atoms with Crippen LogP contribution in [0.3, 0.4) is 0 Å². The highest BCUT2D eigenvalue weighted by Gasteiger charge is 1.88. The molecule has 0 unspecified atom stereocenters. The first-order valence-electron chi connectivity index (χ1n) is 4.82. The van der Waals surface area contributed by atoms with Crippen molar-refractivity contribution in [3.05, 3.63) is 10.2 Å². The number of unbranched alkanes of at least 4 members (excludes halogenated alkanes) is 2. The van der Waals surface area contributed by atoms with Crippen LogP contribution < -0.4 is 0 Å². The van der Waals surface area contributed by atoms with E-state index in [0.29, 0.717) is 0 Å². The standard InChI is InChI=1S/C10H19IO2/c1-2-12-9-10-13-8-6-4-3-5-7-11/h5,7H,2-4,6,8-10H2,1H3/b7-5-. The van der Waals surface area contributed by atoms with Crippen molar-refractivity contribution in [1.82, 2.24) is 0 Å². The molecule has 0 spiro atoms. The van der Waals surface area contributed by atoms with Crippen LogP contribution in [0.25, 0.3) is 0 Å². The average molecular weight is 298 g/mol. The maximum absolute atomic E-state index is 5.36. The van der Waals surface area contributed by atoms with Crippen LogP contribution in [0.15, 0.2) is 10.2 Å². The normalized spacial score (nSPS) is 11.2. The number of ether oxygens (including phenoxy) is 2. The third kappa shape index (κ3) is 12.4. The molecular weight excluding hydrogens is 279 g/mol. The quantitative estimate of drug-likeness (QED) is 0.481. The molecule has 3 heteroatoms. The molecule has 0 aromatic heterocycles. The molecule has 0 fully saturated rings. The second-order valence-electron chi connectivity index (χ2n) is 2.67. The van der Waals surface area contributed by atoms with E-state index in [1.807, 2.05) is 6.92 Å². The molecule has 0 aromatic carbocycles. The SMILES string of the molecule is CCOCCOCCCC/C=C\I. The summed E-state index contributed by atoms with van der Waals surface area (Å²) in [6.45, 7) is 5.10. The minimum atomic E-state index is 0.726. The number of hydrogen-bond donors (Lipinski definition) is 0. The summed E-state index contributed by atoms with van der Waals surface area (Å²) in [5, 5.41) is 0. The first-order chi connectivity index (χ1) is 6.41. The molecule has 0 saturated heterocycles. The summed E-state index contributed by atoms with van der Waals surface area (Å²) >= 11 is 2.24. The fourth-order valence-electron chi connectivity index (χ4n) is 0.894. The molecule has 0 heterocycles. The van der Waals surface area contributed by atoms with Crippen molar-refractivity contribution in [2.24, 2.45) is 0 Å². The zero-order chi connectivity index (χ0) is 9.78. The minimum absolute atomic E-state index is 0.726. The van der Waals surface area contributed by atoms with Gasteiger partial charge in [-0.25, -0.2) is 0 Å².